The van der Waals surface area contributed by atoms with E-state index < -0.39 is 0 Å². The number of nitrogens with two attached hydrogens (primary N) is 1. The summed E-state index contributed by atoms with van der Waals surface area (Å²) in [6.45, 7) is 1.74. The molecular formula is C9H9N3O2. The molecule has 0 aliphatic heterocycles. The molecule has 1 heterocycles. The van der Waals surface area contributed by atoms with E-state index in [1.165, 1.54) is 0 Å². The molecule has 0 amide bonds. The number of aromatic nitrogens is 2. The second-order valence-electron chi connectivity index (χ2n) is 2.77. The van der Waals surface area contributed by atoms with Crippen LogP contribution in [0.5, 0.6) is 5.75 Å². The molecular weight excluding hydrogens is 182 g/mol. The minimum atomic E-state index is 0.460. The van der Waals surface area contributed by atoms with E-state index in [1.54, 1.807) is 25.1 Å². The highest BCUT2D eigenvalue weighted by atomic mass is 16.6. The van der Waals surface area contributed by atoms with Gasteiger partial charge in [-0.05, 0) is 18.2 Å². The molecule has 5 heteroatoms. The number of nitrogens with zero attached hydrogens (tertiary/aromatic N) is 2. The number of rotatable bonds is 2. The fourth-order valence-electron chi connectivity index (χ4n) is 1.12. The number of aryl methyl sites for hydroxylation is 1. The van der Waals surface area contributed by atoms with Gasteiger partial charge in [-0.1, -0.05) is 6.07 Å². The average molecular weight is 191 g/mol. The van der Waals surface area contributed by atoms with Crippen LogP contribution in [0.25, 0.3) is 11.5 Å². The minimum absolute atomic E-state index is 0.460. The topological polar surface area (TPSA) is 74.2 Å². The van der Waals surface area contributed by atoms with Gasteiger partial charge >= 0.3 is 0 Å². The monoisotopic (exact) mass is 191 g/mol. The smallest absolute Gasteiger partial charge is 0.247 e. The second kappa shape index (κ2) is 3.47. The van der Waals surface area contributed by atoms with Crippen molar-refractivity contribution in [3.8, 4) is 17.2 Å². The molecule has 2 rings (SSSR count). The summed E-state index contributed by atoms with van der Waals surface area (Å²) in [4.78, 5) is 4.59. The molecule has 0 saturated heterocycles. The lowest BCUT2D eigenvalue weighted by molar-refractivity contribution is 0.334. The Balaban J connectivity index is 2.41. The molecule has 2 N–H and O–H groups in total. The van der Waals surface area contributed by atoms with Crippen molar-refractivity contribution in [1.29, 1.82) is 0 Å². The Hall–Kier alpha value is -1.88. The van der Waals surface area contributed by atoms with Crippen molar-refractivity contribution in [2.24, 2.45) is 5.90 Å². The number of benzene rings is 1. The van der Waals surface area contributed by atoms with Crippen molar-refractivity contribution >= 4 is 0 Å². The van der Waals surface area contributed by atoms with Crippen molar-refractivity contribution in [3.63, 3.8) is 0 Å². The fourth-order valence-corrected chi connectivity index (χ4v) is 1.12. The van der Waals surface area contributed by atoms with Crippen molar-refractivity contribution < 1.29 is 9.25 Å². The summed E-state index contributed by atoms with van der Waals surface area (Å²) in [5.41, 5.74) is 0.786. The summed E-state index contributed by atoms with van der Waals surface area (Å²) in [6, 6.07) is 7.12. The Labute approximate surface area is 80.5 Å². The van der Waals surface area contributed by atoms with Crippen molar-refractivity contribution in [2.45, 2.75) is 6.92 Å². The minimum Gasteiger partial charge on any atom is -0.421 e. The van der Waals surface area contributed by atoms with Crippen LogP contribution in [-0.2, 0) is 0 Å². The first kappa shape index (κ1) is 8.71. The van der Waals surface area contributed by atoms with E-state index in [1.807, 2.05) is 6.07 Å². The van der Waals surface area contributed by atoms with Crippen LogP contribution in [0.1, 0.15) is 5.89 Å². The molecule has 0 aliphatic carbocycles. The Morgan fingerprint density at radius 1 is 1.36 bits per heavy atom. The van der Waals surface area contributed by atoms with Crippen LogP contribution in [0.3, 0.4) is 0 Å². The molecule has 0 spiro atoms. The van der Waals surface area contributed by atoms with Crippen LogP contribution in [0.15, 0.2) is 28.7 Å². The third-order valence-electron chi connectivity index (χ3n) is 1.74. The first-order valence-corrected chi connectivity index (χ1v) is 4.07. The SMILES string of the molecule is Cc1nnc(-c2cccc(ON)c2)o1. The zero-order valence-corrected chi connectivity index (χ0v) is 7.60. The molecule has 1 aromatic carbocycles. The van der Waals surface area contributed by atoms with Gasteiger partial charge in [0.15, 0.2) is 0 Å². The average Bonchev–Trinajstić information content (AvgIpc) is 2.65. The Kier molecular flexibility index (Phi) is 2.16. The van der Waals surface area contributed by atoms with Gasteiger partial charge in [0.05, 0.1) is 0 Å². The predicted molar refractivity (Wildman–Crippen MR) is 49.3 cm³/mol. The van der Waals surface area contributed by atoms with E-state index in [9.17, 15) is 0 Å². The van der Waals surface area contributed by atoms with Gasteiger partial charge in [-0.2, -0.15) is 5.90 Å². The van der Waals surface area contributed by atoms with Crippen LogP contribution in [0, 0.1) is 6.92 Å². The molecule has 0 atom stereocenters. The van der Waals surface area contributed by atoms with Crippen LogP contribution in [0.2, 0.25) is 0 Å². The van der Waals surface area contributed by atoms with Crippen LogP contribution in [-0.4, -0.2) is 10.2 Å². The van der Waals surface area contributed by atoms with E-state index in [4.69, 9.17) is 10.3 Å². The van der Waals surface area contributed by atoms with E-state index in [0.29, 0.717) is 17.5 Å². The van der Waals surface area contributed by atoms with Gasteiger partial charge in [-0.15, -0.1) is 10.2 Å². The molecule has 0 unspecified atom stereocenters. The molecule has 0 bridgehead atoms. The fraction of sp³-hybridized carbons (Fsp3) is 0.111. The highest BCUT2D eigenvalue weighted by Gasteiger charge is 2.06. The summed E-state index contributed by atoms with van der Waals surface area (Å²) in [5, 5.41) is 7.61. The lowest BCUT2D eigenvalue weighted by Crippen LogP contribution is -2.01. The van der Waals surface area contributed by atoms with Crippen molar-refractivity contribution in [3.05, 3.63) is 30.2 Å². The van der Waals surface area contributed by atoms with E-state index >= 15 is 0 Å². The van der Waals surface area contributed by atoms with Gasteiger partial charge < -0.3 is 9.25 Å². The van der Waals surface area contributed by atoms with Crippen LogP contribution >= 0.6 is 0 Å². The zero-order chi connectivity index (χ0) is 9.97. The largest absolute Gasteiger partial charge is 0.421 e. The molecule has 14 heavy (non-hydrogen) atoms. The zero-order valence-electron chi connectivity index (χ0n) is 7.60. The first-order chi connectivity index (χ1) is 6.79. The predicted octanol–water partition coefficient (Wildman–Crippen LogP) is 1.30. The summed E-state index contributed by atoms with van der Waals surface area (Å²) >= 11 is 0. The molecule has 0 radical (unpaired) electrons. The van der Waals surface area contributed by atoms with Crippen LogP contribution in [0.4, 0.5) is 0 Å². The second-order valence-corrected chi connectivity index (χ2v) is 2.77. The first-order valence-electron chi connectivity index (χ1n) is 4.07. The number of hydrogen-bond donors (Lipinski definition) is 1. The third-order valence-corrected chi connectivity index (χ3v) is 1.74. The molecule has 0 saturated carbocycles. The van der Waals surface area contributed by atoms with E-state index in [0.717, 1.165) is 5.56 Å². The van der Waals surface area contributed by atoms with Gasteiger partial charge in [0.2, 0.25) is 11.8 Å². The van der Waals surface area contributed by atoms with Crippen molar-refractivity contribution in [1.82, 2.24) is 10.2 Å². The molecule has 0 fully saturated rings. The normalized spacial score (nSPS) is 10.1. The summed E-state index contributed by atoms with van der Waals surface area (Å²) in [6.07, 6.45) is 0. The van der Waals surface area contributed by atoms with Gasteiger partial charge in [0.25, 0.3) is 0 Å². The maximum absolute atomic E-state index is 5.25. The van der Waals surface area contributed by atoms with Crippen molar-refractivity contribution in [2.75, 3.05) is 0 Å². The highest BCUT2D eigenvalue weighted by Crippen LogP contribution is 2.21. The third kappa shape index (κ3) is 1.57. The molecule has 1 aromatic heterocycles. The molecule has 72 valence electrons. The standard InChI is InChI=1S/C9H9N3O2/c1-6-11-12-9(13-6)7-3-2-4-8(5-7)14-10/h2-5H,10H2,1H3. The number of hydrogen-bond acceptors (Lipinski definition) is 5. The lowest BCUT2D eigenvalue weighted by Gasteiger charge is -1.98. The van der Waals surface area contributed by atoms with Crippen LogP contribution < -0.4 is 10.7 Å². The molecule has 5 nitrogen and oxygen atoms in total. The lowest BCUT2D eigenvalue weighted by atomic mass is 10.2. The molecule has 0 aliphatic rings. The Morgan fingerprint density at radius 2 is 2.21 bits per heavy atom. The summed E-state index contributed by atoms with van der Waals surface area (Å²) < 4.78 is 5.25. The quantitative estimate of drug-likeness (QED) is 0.724. The maximum Gasteiger partial charge on any atom is 0.247 e. The van der Waals surface area contributed by atoms with E-state index in [2.05, 4.69) is 15.0 Å². The van der Waals surface area contributed by atoms with Gasteiger partial charge in [-0.25, -0.2) is 0 Å². The summed E-state index contributed by atoms with van der Waals surface area (Å²) in [7, 11) is 0. The Bertz CT molecular complexity index is 439. The van der Waals surface area contributed by atoms with Gasteiger partial charge in [-0.3, -0.25) is 0 Å². The van der Waals surface area contributed by atoms with Gasteiger partial charge in [0.1, 0.15) is 5.75 Å². The van der Waals surface area contributed by atoms with E-state index in [-0.39, 0.29) is 0 Å². The summed E-state index contributed by atoms with van der Waals surface area (Å²) in [5.74, 6) is 6.58. The highest BCUT2D eigenvalue weighted by molar-refractivity contribution is 5.55. The van der Waals surface area contributed by atoms with Gasteiger partial charge in [0, 0.05) is 12.5 Å². The maximum atomic E-state index is 5.25. The Morgan fingerprint density at radius 3 is 2.86 bits per heavy atom. The molecule has 2 aromatic rings.